The Balaban J connectivity index is 1.29. The Hall–Kier alpha value is -3.17. The lowest BCUT2D eigenvalue weighted by molar-refractivity contribution is -0.139. The summed E-state index contributed by atoms with van der Waals surface area (Å²) >= 11 is 0. The number of aliphatic hydroxyl groups is 1. The van der Waals surface area contributed by atoms with Crippen LogP contribution in [0.15, 0.2) is 54.7 Å². The molecule has 216 valence electrons. The number of aryl methyl sites for hydroxylation is 1. The average molecular weight is 559 g/mol. The number of aliphatic carboxylic acids is 1. The summed E-state index contributed by atoms with van der Waals surface area (Å²) in [5, 5.41) is 21.5. The molecule has 2 N–H and O–H groups in total. The van der Waals surface area contributed by atoms with Gasteiger partial charge in [-0.1, -0.05) is 18.2 Å². The first-order valence-electron chi connectivity index (χ1n) is 13.8. The number of unbranched alkanes of at least 4 members (excludes halogenated alkanes) is 1. The summed E-state index contributed by atoms with van der Waals surface area (Å²) in [5.41, 5.74) is 1.63. The first-order valence-corrected chi connectivity index (χ1v) is 13.8. The maximum absolute atomic E-state index is 13.0. The third kappa shape index (κ3) is 7.95. The van der Waals surface area contributed by atoms with Crippen molar-refractivity contribution in [2.75, 3.05) is 26.7 Å². The SMILES string of the molecule is COc1ccc2nccc([C@H](O)CC[C@@H]3CCN(CCCCc4cccc(C(F)(F)F)c4)C[C@@H]3CC(=O)O)c2c1. The highest BCUT2D eigenvalue weighted by atomic mass is 19.4. The molecule has 1 saturated heterocycles. The summed E-state index contributed by atoms with van der Waals surface area (Å²) in [6, 6.07) is 12.9. The van der Waals surface area contributed by atoms with E-state index in [1.807, 2.05) is 24.3 Å². The van der Waals surface area contributed by atoms with Gasteiger partial charge in [-0.15, -0.1) is 0 Å². The van der Waals surface area contributed by atoms with Crippen molar-refractivity contribution in [2.45, 2.75) is 57.2 Å². The lowest BCUT2D eigenvalue weighted by Crippen LogP contribution is -2.41. The minimum atomic E-state index is -4.34. The molecule has 3 atom stereocenters. The number of aliphatic hydroxyl groups excluding tert-OH is 1. The maximum atomic E-state index is 13.0. The van der Waals surface area contributed by atoms with Crippen LogP contribution in [0.3, 0.4) is 0 Å². The number of piperidine rings is 1. The molecular weight excluding hydrogens is 521 g/mol. The molecule has 0 radical (unpaired) electrons. The van der Waals surface area contributed by atoms with Crippen LogP contribution in [-0.4, -0.2) is 52.8 Å². The number of hydrogen-bond acceptors (Lipinski definition) is 5. The largest absolute Gasteiger partial charge is 0.497 e. The Bertz CT molecular complexity index is 1280. The van der Waals surface area contributed by atoms with Gasteiger partial charge in [-0.3, -0.25) is 9.78 Å². The van der Waals surface area contributed by atoms with Gasteiger partial charge in [-0.05, 0) is 105 Å². The molecule has 1 aromatic heterocycles. The Morgan fingerprint density at radius 2 is 1.98 bits per heavy atom. The second kappa shape index (κ2) is 13.5. The van der Waals surface area contributed by atoms with E-state index in [0.29, 0.717) is 30.7 Å². The molecule has 0 amide bonds. The van der Waals surface area contributed by atoms with Crippen LogP contribution in [0.2, 0.25) is 0 Å². The third-order valence-electron chi connectivity index (χ3n) is 8.01. The summed E-state index contributed by atoms with van der Waals surface area (Å²) in [6.45, 7) is 2.30. The number of methoxy groups -OCH3 is 1. The van der Waals surface area contributed by atoms with E-state index in [9.17, 15) is 28.2 Å². The summed E-state index contributed by atoms with van der Waals surface area (Å²) < 4.78 is 44.2. The van der Waals surface area contributed by atoms with Crippen molar-refractivity contribution < 1.29 is 32.9 Å². The number of aromatic nitrogens is 1. The second-order valence-electron chi connectivity index (χ2n) is 10.7. The molecule has 0 spiro atoms. The lowest BCUT2D eigenvalue weighted by Gasteiger charge is -2.38. The van der Waals surface area contributed by atoms with Gasteiger partial charge in [0.2, 0.25) is 0 Å². The number of hydrogen-bond donors (Lipinski definition) is 2. The molecule has 1 aliphatic heterocycles. The molecule has 9 heteroatoms. The van der Waals surface area contributed by atoms with E-state index in [2.05, 4.69) is 9.88 Å². The zero-order chi connectivity index (χ0) is 28.7. The van der Waals surface area contributed by atoms with Crippen molar-refractivity contribution in [1.82, 2.24) is 9.88 Å². The highest BCUT2D eigenvalue weighted by Gasteiger charge is 2.32. The van der Waals surface area contributed by atoms with Gasteiger partial charge in [0.1, 0.15) is 5.75 Å². The fraction of sp³-hybridized carbons (Fsp3) is 0.484. The molecule has 1 aliphatic rings. The number of carbonyl (C=O) groups is 1. The molecular formula is C31H37F3N2O4. The van der Waals surface area contributed by atoms with Crippen molar-refractivity contribution in [1.29, 1.82) is 0 Å². The number of carboxylic acids is 1. The number of nitrogens with zero attached hydrogens (tertiary/aromatic N) is 2. The molecule has 40 heavy (non-hydrogen) atoms. The van der Waals surface area contributed by atoms with Gasteiger partial charge in [-0.25, -0.2) is 0 Å². The predicted molar refractivity (Wildman–Crippen MR) is 147 cm³/mol. The van der Waals surface area contributed by atoms with Gasteiger partial charge < -0.3 is 19.8 Å². The molecule has 4 rings (SSSR count). The Kier molecular flexibility index (Phi) is 10.0. The number of rotatable bonds is 12. The molecule has 0 aliphatic carbocycles. The van der Waals surface area contributed by atoms with Crippen molar-refractivity contribution in [3.63, 3.8) is 0 Å². The number of fused-ring (bicyclic) bond motifs is 1. The van der Waals surface area contributed by atoms with E-state index < -0.39 is 23.8 Å². The predicted octanol–water partition coefficient (Wildman–Crippen LogP) is 6.51. The Labute approximate surface area is 232 Å². The number of likely N-dealkylation sites (tertiary alicyclic amines) is 1. The van der Waals surface area contributed by atoms with E-state index >= 15 is 0 Å². The van der Waals surface area contributed by atoms with Crippen molar-refractivity contribution in [3.8, 4) is 5.75 Å². The van der Waals surface area contributed by atoms with Gasteiger partial charge in [0, 0.05) is 24.5 Å². The number of alkyl halides is 3. The van der Waals surface area contributed by atoms with Crippen LogP contribution in [0.1, 0.15) is 61.3 Å². The number of ether oxygens (including phenoxy) is 1. The van der Waals surface area contributed by atoms with Gasteiger partial charge in [0.15, 0.2) is 0 Å². The molecule has 2 aromatic carbocycles. The smallest absolute Gasteiger partial charge is 0.416 e. The van der Waals surface area contributed by atoms with Crippen LogP contribution in [0, 0.1) is 11.8 Å². The number of halogens is 3. The highest BCUT2D eigenvalue weighted by molar-refractivity contribution is 5.83. The Morgan fingerprint density at radius 3 is 2.73 bits per heavy atom. The van der Waals surface area contributed by atoms with Crippen LogP contribution in [0.25, 0.3) is 10.9 Å². The van der Waals surface area contributed by atoms with Crippen LogP contribution >= 0.6 is 0 Å². The summed E-state index contributed by atoms with van der Waals surface area (Å²) in [7, 11) is 1.60. The molecule has 3 aromatic rings. The second-order valence-corrected chi connectivity index (χ2v) is 10.7. The van der Waals surface area contributed by atoms with Gasteiger partial charge in [0.25, 0.3) is 0 Å². The minimum Gasteiger partial charge on any atom is -0.497 e. The van der Waals surface area contributed by atoms with Crippen molar-refractivity contribution in [2.24, 2.45) is 11.8 Å². The van der Waals surface area contributed by atoms with Crippen LogP contribution in [0.5, 0.6) is 5.75 Å². The number of benzene rings is 2. The zero-order valence-corrected chi connectivity index (χ0v) is 22.7. The van der Waals surface area contributed by atoms with Gasteiger partial charge >= 0.3 is 12.1 Å². The van der Waals surface area contributed by atoms with Crippen molar-refractivity contribution >= 4 is 16.9 Å². The zero-order valence-electron chi connectivity index (χ0n) is 22.7. The fourth-order valence-corrected chi connectivity index (χ4v) is 5.85. The molecule has 0 unspecified atom stereocenters. The molecule has 1 fully saturated rings. The van der Waals surface area contributed by atoms with Gasteiger partial charge in [0.05, 0.1) is 24.3 Å². The Morgan fingerprint density at radius 1 is 1.15 bits per heavy atom. The lowest BCUT2D eigenvalue weighted by atomic mass is 9.79. The summed E-state index contributed by atoms with van der Waals surface area (Å²) in [5.74, 6) is 0.0396. The standard InChI is InChI=1S/C31H37F3N2O4/c1-40-25-9-10-28-27(19-25)26(12-14-35-28)29(37)11-8-22-13-16-36(20-23(22)18-30(38)39)15-3-2-5-21-6-4-7-24(17-21)31(32,33)34/h4,6-7,9-10,12,14,17,19,22-23,29,37H,2-3,5,8,11,13,15-16,18,20H2,1H3,(H,38,39)/t22-,23+,29-/m1/s1. The van der Waals surface area contributed by atoms with E-state index in [1.165, 1.54) is 12.1 Å². The van der Waals surface area contributed by atoms with Gasteiger partial charge in [-0.2, -0.15) is 13.2 Å². The maximum Gasteiger partial charge on any atom is 0.416 e. The van der Waals surface area contributed by atoms with Crippen LogP contribution in [0.4, 0.5) is 13.2 Å². The van der Waals surface area contributed by atoms with E-state index in [-0.39, 0.29) is 18.3 Å². The normalized spacial score (nSPS) is 19.0. The molecule has 2 heterocycles. The first kappa shape index (κ1) is 29.8. The monoisotopic (exact) mass is 558 g/mol. The number of pyridine rings is 1. The summed E-state index contributed by atoms with van der Waals surface area (Å²) in [6.07, 6.45) is 0.995. The average Bonchev–Trinajstić information content (AvgIpc) is 2.93. The fourth-order valence-electron chi connectivity index (χ4n) is 5.85. The topological polar surface area (TPSA) is 82.9 Å². The summed E-state index contributed by atoms with van der Waals surface area (Å²) in [4.78, 5) is 18.3. The van der Waals surface area contributed by atoms with Crippen molar-refractivity contribution in [3.05, 3.63) is 71.4 Å². The minimum absolute atomic E-state index is 0.0174. The molecule has 0 saturated carbocycles. The number of carboxylic acid groups (broad SMARTS) is 1. The highest BCUT2D eigenvalue weighted by Crippen LogP contribution is 2.35. The van der Waals surface area contributed by atoms with E-state index in [1.54, 1.807) is 19.4 Å². The van der Waals surface area contributed by atoms with E-state index in [0.717, 1.165) is 61.3 Å². The molecule has 6 nitrogen and oxygen atoms in total. The van der Waals surface area contributed by atoms with Crippen LogP contribution < -0.4 is 4.74 Å². The van der Waals surface area contributed by atoms with E-state index in [4.69, 9.17) is 4.74 Å². The molecule has 0 bridgehead atoms. The third-order valence-corrected chi connectivity index (χ3v) is 8.01. The van der Waals surface area contributed by atoms with Crippen LogP contribution in [-0.2, 0) is 17.4 Å². The quantitative estimate of drug-likeness (QED) is 0.247. The first-order chi connectivity index (χ1) is 19.1.